The molecule has 20 heavy (non-hydrogen) atoms. The van der Waals surface area contributed by atoms with Crippen molar-refractivity contribution in [1.82, 2.24) is 10.1 Å². The lowest BCUT2D eigenvalue weighted by atomic mass is 10.3. The van der Waals surface area contributed by atoms with Crippen molar-refractivity contribution in [3.8, 4) is 10.8 Å². The first kappa shape index (κ1) is 13.7. The fourth-order valence-electron chi connectivity index (χ4n) is 1.59. The molecule has 0 aliphatic carbocycles. The number of anilines is 1. The number of nitrogens with zero attached hydrogens (tertiary/aromatic N) is 2. The molecular formula is C13H10BrN3OS2. The maximum atomic E-state index is 5.71. The molecule has 102 valence electrons. The second-order valence-corrected chi connectivity index (χ2v) is 6.79. The average Bonchev–Trinajstić information content (AvgIpc) is 3.08. The minimum atomic E-state index is 0.576. The molecule has 0 unspecified atom stereocenters. The summed E-state index contributed by atoms with van der Waals surface area (Å²) in [6.45, 7) is 0. The van der Waals surface area contributed by atoms with Crippen LogP contribution in [0.15, 0.2) is 49.6 Å². The predicted octanol–water partition coefficient (Wildman–Crippen LogP) is 4.44. The summed E-state index contributed by atoms with van der Waals surface area (Å²) >= 11 is 6.71. The zero-order valence-electron chi connectivity index (χ0n) is 10.2. The van der Waals surface area contributed by atoms with Gasteiger partial charge < -0.3 is 10.3 Å². The van der Waals surface area contributed by atoms with E-state index in [9.17, 15) is 0 Å². The zero-order valence-corrected chi connectivity index (χ0v) is 13.5. The molecule has 0 saturated carbocycles. The highest BCUT2D eigenvalue weighted by atomic mass is 79.9. The first-order valence-electron chi connectivity index (χ1n) is 5.76. The fraction of sp³-hybridized carbons (Fsp3) is 0.0769. The van der Waals surface area contributed by atoms with Gasteiger partial charge in [-0.2, -0.15) is 4.98 Å². The summed E-state index contributed by atoms with van der Waals surface area (Å²) in [6.07, 6.45) is 0. The minimum Gasteiger partial charge on any atom is -0.399 e. The molecule has 7 heteroatoms. The molecule has 3 aromatic rings. The number of rotatable bonds is 4. The van der Waals surface area contributed by atoms with Gasteiger partial charge >= 0.3 is 0 Å². The van der Waals surface area contributed by atoms with E-state index in [2.05, 4.69) is 26.1 Å². The Labute approximate surface area is 132 Å². The SMILES string of the molecule is Nc1ccc(SCc2noc(-c3cccs3)n2)c(Br)c1. The smallest absolute Gasteiger partial charge is 0.268 e. The van der Waals surface area contributed by atoms with Crippen LogP contribution in [0.1, 0.15) is 5.82 Å². The molecule has 3 rings (SSSR count). The fourth-order valence-corrected chi connectivity index (χ4v) is 3.74. The van der Waals surface area contributed by atoms with Crippen LogP contribution in [0.2, 0.25) is 0 Å². The minimum absolute atomic E-state index is 0.576. The van der Waals surface area contributed by atoms with Gasteiger partial charge in [0.2, 0.25) is 0 Å². The molecule has 2 heterocycles. The molecule has 0 aliphatic rings. The van der Waals surface area contributed by atoms with Crippen molar-refractivity contribution in [2.45, 2.75) is 10.6 Å². The summed E-state index contributed by atoms with van der Waals surface area (Å²) in [4.78, 5) is 6.47. The lowest BCUT2D eigenvalue weighted by Gasteiger charge is -2.02. The summed E-state index contributed by atoms with van der Waals surface area (Å²) in [7, 11) is 0. The standard InChI is InChI=1S/C13H10BrN3OS2/c14-9-6-8(15)3-4-10(9)20-7-12-16-13(18-17-12)11-2-1-5-19-11/h1-6H,7,15H2. The molecular weight excluding hydrogens is 358 g/mol. The highest BCUT2D eigenvalue weighted by molar-refractivity contribution is 9.10. The second kappa shape index (κ2) is 5.99. The Morgan fingerprint density at radius 2 is 2.25 bits per heavy atom. The lowest BCUT2D eigenvalue weighted by molar-refractivity contribution is 0.426. The highest BCUT2D eigenvalue weighted by Gasteiger charge is 2.10. The maximum absolute atomic E-state index is 5.71. The van der Waals surface area contributed by atoms with Crippen LogP contribution in [0, 0.1) is 0 Å². The quantitative estimate of drug-likeness (QED) is 0.545. The van der Waals surface area contributed by atoms with E-state index in [0.717, 1.165) is 19.9 Å². The van der Waals surface area contributed by atoms with Gasteiger partial charge in [0.1, 0.15) is 0 Å². The Kier molecular flexibility index (Phi) is 4.09. The highest BCUT2D eigenvalue weighted by Crippen LogP contribution is 2.31. The van der Waals surface area contributed by atoms with E-state index in [1.54, 1.807) is 23.1 Å². The van der Waals surface area contributed by atoms with Crippen LogP contribution in [-0.4, -0.2) is 10.1 Å². The van der Waals surface area contributed by atoms with E-state index in [4.69, 9.17) is 10.3 Å². The number of hydrogen-bond acceptors (Lipinski definition) is 6. The topological polar surface area (TPSA) is 64.9 Å². The molecule has 0 bridgehead atoms. The Bertz CT molecular complexity index is 712. The number of halogens is 1. The summed E-state index contributed by atoms with van der Waals surface area (Å²) < 4.78 is 6.23. The number of hydrogen-bond donors (Lipinski definition) is 1. The first-order valence-corrected chi connectivity index (χ1v) is 8.42. The molecule has 1 aromatic carbocycles. The van der Waals surface area contributed by atoms with Crippen LogP contribution in [-0.2, 0) is 5.75 Å². The van der Waals surface area contributed by atoms with Crippen LogP contribution < -0.4 is 5.73 Å². The number of thioether (sulfide) groups is 1. The van der Waals surface area contributed by atoms with Crippen molar-refractivity contribution < 1.29 is 4.52 Å². The van der Waals surface area contributed by atoms with Crippen LogP contribution >= 0.6 is 39.0 Å². The largest absolute Gasteiger partial charge is 0.399 e. The maximum Gasteiger partial charge on any atom is 0.268 e. The van der Waals surface area contributed by atoms with Crippen molar-refractivity contribution in [2.24, 2.45) is 0 Å². The van der Waals surface area contributed by atoms with Gasteiger partial charge in [-0.05, 0) is 45.6 Å². The second-order valence-electron chi connectivity index (χ2n) is 3.97. The van der Waals surface area contributed by atoms with E-state index in [0.29, 0.717) is 17.5 Å². The van der Waals surface area contributed by atoms with Gasteiger partial charge in [0.15, 0.2) is 5.82 Å². The molecule has 4 nitrogen and oxygen atoms in total. The molecule has 2 N–H and O–H groups in total. The monoisotopic (exact) mass is 367 g/mol. The third kappa shape index (κ3) is 3.05. The van der Waals surface area contributed by atoms with Crippen LogP contribution in [0.4, 0.5) is 5.69 Å². The Hall–Kier alpha value is -1.31. The third-order valence-corrected chi connectivity index (χ3v) is 5.36. The van der Waals surface area contributed by atoms with E-state index < -0.39 is 0 Å². The van der Waals surface area contributed by atoms with Crippen molar-refractivity contribution in [3.05, 3.63) is 46.0 Å². The van der Waals surface area contributed by atoms with E-state index in [-0.39, 0.29) is 0 Å². The van der Waals surface area contributed by atoms with Crippen LogP contribution in [0.5, 0.6) is 0 Å². The molecule has 0 saturated heterocycles. The number of nitrogen functional groups attached to an aromatic ring is 1. The number of nitrogens with two attached hydrogens (primary N) is 1. The van der Waals surface area contributed by atoms with Crippen LogP contribution in [0.25, 0.3) is 10.8 Å². The van der Waals surface area contributed by atoms with Gasteiger partial charge in [0, 0.05) is 15.1 Å². The first-order chi connectivity index (χ1) is 9.72. The average molecular weight is 368 g/mol. The molecule has 0 spiro atoms. The summed E-state index contributed by atoms with van der Waals surface area (Å²) in [5, 5.41) is 5.98. The van der Waals surface area contributed by atoms with Gasteiger partial charge in [-0.15, -0.1) is 23.1 Å². The number of benzene rings is 1. The number of aromatic nitrogens is 2. The van der Waals surface area contributed by atoms with Gasteiger partial charge in [0.05, 0.1) is 10.6 Å². The molecule has 0 radical (unpaired) electrons. The summed E-state index contributed by atoms with van der Waals surface area (Å²) in [5.41, 5.74) is 6.45. The zero-order chi connectivity index (χ0) is 13.9. The Balaban J connectivity index is 1.70. The Morgan fingerprint density at radius 1 is 1.35 bits per heavy atom. The van der Waals surface area contributed by atoms with E-state index in [1.165, 1.54) is 0 Å². The molecule has 2 aromatic heterocycles. The van der Waals surface area contributed by atoms with Crippen molar-refractivity contribution in [1.29, 1.82) is 0 Å². The lowest BCUT2D eigenvalue weighted by Crippen LogP contribution is -1.87. The predicted molar refractivity (Wildman–Crippen MR) is 85.7 cm³/mol. The third-order valence-electron chi connectivity index (χ3n) is 2.51. The van der Waals surface area contributed by atoms with Gasteiger partial charge in [0.25, 0.3) is 5.89 Å². The van der Waals surface area contributed by atoms with Crippen molar-refractivity contribution in [3.63, 3.8) is 0 Å². The number of thiophene rings is 1. The molecule has 0 fully saturated rings. The van der Waals surface area contributed by atoms with E-state index >= 15 is 0 Å². The van der Waals surface area contributed by atoms with Crippen molar-refractivity contribution in [2.75, 3.05) is 5.73 Å². The molecule has 0 aliphatic heterocycles. The van der Waals surface area contributed by atoms with Gasteiger partial charge in [-0.3, -0.25) is 0 Å². The summed E-state index contributed by atoms with van der Waals surface area (Å²) in [5.74, 6) is 1.91. The molecule has 0 amide bonds. The van der Waals surface area contributed by atoms with Gasteiger partial charge in [-0.1, -0.05) is 11.2 Å². The van der Waals surface area contributed by atoms with Crippen molar-refractivity contribution >= 4 is 44.7 Å². The normalized spacial score (nSPS) is 10.8. The Morgan fingerprint density at radius 3 is 3.00 bits per heavy atom. The van der Waals surface area contributed by atoms with Gasteiger partial charge in [-0.25, -0.2) is 0 Å². The van der Waals surface area contributed by atoms with E-state index in [1.807, 2.05) is 35.7 Å². The summed E-state index contributed by atoms with van der Waals surface area (Å²) in [6, 6.07) is 9.66. The molecule has 0 atom stereocenters. The van der Waals surface area contributed by atoms with Crippen LogP contribution in [0.3, 0.4) is 0 Å².